The highest BCUT2D eigenvalue weighted by molar-refractivity contribution is 6.00. The molecule has 0 unspecified atom stereocenters. The highest BCUT2D eigenvalue weighted by atomic mass is 19.1. The zero-order valence-corrected chi connectivity index (χ0v) is 16.9. The highest BCUT2D eigenvalue weighted by Gasteiger charge is 2.36. The molecular weight excluding hydrogens is 371 g/mol. The van der Waals surface area contributed by atoms with E-state index in [1.807, 2.05) is 26.0 Å². The summed E-state index contributed by atoms with van der Waals surface area (Å²) >= 11 is 0. The van der Waals surface area contributed by atoms with Crippen LogP contribution in [-0.4, -0.2) is 27.5 Å². The van der Waals surface area contributed by atoms with Gasteiger partial charge in [-0.15, -0.1) is 0 Å². The van der Waals surface area contributed by atoms with Crippen molar-refractivity contribution in [1.29, 1.82) is 0 Å². The van der Waals surface area contributed by atoms with E-state index in [0.29, 0.717) is 35.5 Å². The Morgan fingerprint density at radius 2 is 1.97 bits per heavy atom. The number of primary amides is 1. The molecule has 0 spiro atoms. The smallest absolute Gasteiger partial charge is 0.253 e. The van der Waals surface area contributed by atoms with Gasteiger partial charge in [-0.2, -0.15) is 5.10 Å². The number of amides is 1. The van der Waals surface area contributed by atoms with Crippen LogP contribution in [0, 0.1) is 18.2 Å². The Bertz CT molecular complexity index is 1040. The number of nitrogens with zero attached hydrogens (tertiary/aromatic N) is 2. The number of rotatable bonds is 4. The number of nitrogens with one attached hydrogen (secondary N) is 1. The van der Waals surface area contributed by atoms with Crippen molar-refractivity contribution in [3.8, 4) is 5.69 Å². The number of hydrogen-bond acceptors (Lipinski definition) is 4. The number of carbonyl (C=O) groups excluding carboxylic acids is 2. The lowest BCUT2D eigenvalue weighted by Gasteiger charge is -2.29. The lowest BCUT2D eigenvalue weighted by atomic mass is 9.75. The quantitative estimate of drug-likeness (QED) is 0.771. The van der Waals surface area contributed by atoms with E-state index in [0.717, 1.165) is 18.5 Å². The zero-order valence-electron chi connectivity index (χ0n) is 16.9. The third-order valence-electron chi connectivity index (χ3n) is 5.65. The van der Waals surface area contributed by atoms with E-state index >= 15 is 0 Å². The van der Waals surface area contributed by atoms with Crippen molar-refractivity contribution in [3.63, 3.8) is 0 Å². The average Bonchev–Trinajstić information content (AvgIpc) is 3.20. The molecule has 0 saturated heterocycles. The summed E-state index contributed by atoms with van der Waals surface area (Å²) in [4.78, 5) is 24.6. The molecule has 0 fully saturated rings. The van der Waals surface area contributed by atoms with Gasteiger partial charge >= 0.3 is 0 Å². The fourth-order valence-electron chi connectivity index (χ4n) is 4.39. The fourth-order valence-corrected chi connectivity index (χ4v) is 4.39. The number of aryl methyl sites for hydroxylation is 1. The third kappa shape index (κ3) is 3.45. The van der Waals surface area contributed by atoms with E-state index in [-0.39, 0.29) is 22.8 Å². The van der Waals surface area contributed by atoms with Gasteiger partial charge in [0.2, 0.25) is 0 Å². The molecule has 1 aromatic carbocycles. The first-order valence-electron chi connectivity index (χ1n) is 9.83. The zero-order chi connectivity index (χ0) is 20.9. The molecule has 4 rings (SSSR count). The summed E-state index contributed by atoms with van der Waals surface area (Å²) in [5, 5.41) is 7.78. The second-order valence-electron chi connectivity index (χ2n) is 8.76. The molecule has 7 heteroatoms. The lowest BCUT2D eigenvalue weighted by Crippen LogP contribution is -2.28. The Morgan fingerprint density at radius 3 is 2.62 bits per heavy atom. The van der Waals surface area contributed by atoms with Crippen molar-refractivity contribution in [2.75, 3.05) is 5.32 Å². The van der Waals surface area contributed by atoms with Gasteiger partial charge in [0.05, 0.1) is 33.9 Å². The van der Waals surface area contributed by atoms with E-state index in [4.69, 9.17) is 5.73 Å². The third-order valence-corrected chi connectivity index (χ3v) is 5.65. The predicted molar refractivity (Wildman–Crippen MR) is 109 cm³/mol. The topological polar surface area (TPSA) is 90.0 Å². The summed E-state index contributed by atoms with van der Waals surface area (Å²) in [6.45, 7) is 5.87. The van der Waals surface area contributed by atoms with Crippen LogP contribution in [0.1, 0.15) is 65.2 Å². The molecule has 1 aromatic heterocycles. The first-order valence-corrected chi connectivity index (χ1v) is 9.83. The summed E-state index contributed by atoms with van der Waals surface area (Å²) in [7, 11) is 0. The van der Waals surface area contributed by atoms with Crippen LogP contribution in [0.5, 0.6) is 0 Å². The monoisotopic (exact) mass is 396 g/mol. The number of Topliss-reactive ketones (excluding diaryl/α,β-unsaturated/α-hetero) is 1. The number of halogens is 1. The predicted octanol–water partition coefficient (Wildman–Crippen LogP) is 3.70. The first-order chi connectivity index (χ1) is 13.7. The maximum Gasteiger partial charge on any atom is 0.253 e. The van der Waals surface area contributed by atoms with Gasteiger partial charge in [0.1, 0.15) is 5.82 Å². The first kappa shape index (κ1) is 19.4. The van der Waals surface area contributed by atoms with Crippen LogP contribution < -0.4 is 11.1 Å². The van der Waals surface area contributed by atoms with Crippen LogP contribution >= 0.6 is 0 Å². The molecule has 0 bridgehead atoms. The molecule has 0 atom stereocenters. The second kappa shape index (κ2) is 6.83. The van der Waals surface area contributed by atoms with Gasteiger partial charge in [-0.25, -0.2) is 9.07 Å². The number of aromatic nitrogens is 2. The summed E-state index contributed by atoms with van der Waals surface area (Å²) in [5.41, 5.74) is 7.95. The Kier molecular flexibility index (Phi) is 4.56. The molecule has 1 heterocycles. The van der Waals surface area contributed by atoms with Crippen molar-refractivity contribution in [2.24, 2.45) is 11.1 Å². The standard InChI is InChI=1S/C22H25FN4O2/c1-12-19-17(10-22(2,3)11-18(19)28)27(26-12)14-8-15(23)20(21(24)29)16(9-14)25-13-6-4-5-7-13/h4-5,8-9,13,25H,6-7,10-11H2,1-3H3,(H2,24,29). The number of benzene rings is 1. The largest absolute Gasteiger partial charge is 0.381 e. The van der Waals surface area contributed by atoms with Crippen LogP contribution in [0.3, 0.4) is 0 Å². The average molecular weight is 396 g/mol. The van der Waals surface area contributed by atoms with Gasteiger partial charge in [-0.3, -0.25) is 9.59 Å². The molecule has 6 nitrogen and oxygen atoms in total. The summed E-state index contributed by atoms with van der Waals surface area (Å²) in [6, 6.07) is 3.04. The molecular formula is C22H25FN4O2. The fraction of sp³-hybridized carbons (Fsp3) is 0.409. The molecule has 0 saturated carbocycles. The Hall–Kier alpha value is -2.96. The molecule has 3 N–H and O–H groups in total. The van der Waals surface area contributed by atoms with Crippen LogP contribution in [-0.2, 0) is 6.42 Å². The van der Waals surface area contributed by atoms with Crippen LogP contribution in [0.2, 0.25) is 0 Å². The van der Waals surface area contributed by atoms with E-state index in [9.17, 15) is 14.0 Å². The molecule has 0 aliphatic heterocycles. The number of fused-ring (bicyclic) bond motifs is 1. The van der Waals surface area contributed by atoms with E-state index in [1.54, 1.807) is 17.7 Å². The molecule has 2 aliphatic carbocycles. The molecule has 1 amide bonds. The minimum absolute atomic E-state index is 0.0598. The summed E-state index contributed by atoms with van der Waals surface area (Å²) < 4.78 is 16.6. The normalized spacial score (nSPS) is 18.1. The van der Waals surface area contributed by atoms with Crippen LogP contribution in [0.25, 0.3) is 5.69 Å². The van der Waals surface area contributed by atoms with Gasteiger partial charge < -0.3 is 11.1 Å². The van der Waals surface area contributed by atoms with Gasteiger partial charge in [0.15, 0.2) is 5.78 Å². The maximum absolute atomic E-state index is 14.9. The summed E-state index contributed by atoms with van der Waals surface area (Å²) in [6.07, 6.45) is 6.80. The second-order valence-corrected chi connectivity index (χ2v) is 8.76. The lowest BCUT2D eigenvalue weighted by molar-refractivity contribution is 0.0909. The Balaban J connectivity index is 1.84. The van der Waals surface area contributed by atoms with Crippen molar-refractivity contribution in [1.82, 2.24) is 9.78 Å². The number of carbonyl (C=O) groups is 2. The summed E-state index contributed by atoms with van der Waals surface area (Å²) in [5.74, 6) is -1.46. The van der Waals surface area contributed by atoms with Crippen molar-refractivity contribution >= 4 is 17.4 Å². The minimum Gasteiger partial charge on any atom is -0.381 e. The van der Waals surface area contributed by atoms with Crippen LogP contribution in [0.15, 0.2) is 24.3 Å². The minimum atomic E-state index is -0.822. The Labute approximate surface area is 169 Å². The van der Waals surface area contributed by atoms with Crippen molar-refractivity contribution < 1.29 is 14.0 Å². The SMILES string of the molecule is Cc1nn(-c2cc(F)c(C(N)=O)c(NC3CC=CC3)c2)c2c1C(=O)CC(C)(C)C2. The van der Waals surface area contributed by atoms with Crippen molar-refractivity contribution in [3.05, 3.63) is 52.6 Å². The molecule has 2 aliphatic rings. The maximum atomic E-state index is 14.9. The van der Waals surface area contributed by atoms with Crippen molar-refractivity contribution in [2.45, 2.75) is 52.5 Å². The van der Waals surface area contributed by atoms with E-state index in [1.165, 1.54) is 6.07 Å². The number of anilines is 1. The Morgan fingerprint density at radius 1 is 1.28 bits per heavy atom. The number of ketones is 1. The van der Waals surface area contributed by atoms with E-state index in [2.05, 4.69) is 10.4 Å². The van der Waals surface area contributed by atoms with Gasteiger partial charge in [-0.05, 0) is 37.7 Å². The molecule has 29 heavy (non-hydrogen) atoms. The number of hydrogen-bond donors (Lipinski definition) is 2. The van der Waals surface area contributed by atoms with Gasteiger partial charge in [0, 0.05) is 18.5 Å². The van der Waals surface area contributed by atoms with E-state index < -0.39 is 11.7 Å². The van der Waals surface area contributed by atoms with Gasteiger partial charge in [0.25, 0.3) is 5.91 Å². The van der Waals surface area contributed by atoms with Crippen LogP contribution in [0.4, 0.5) is 10.1 Å². The molecule has 0 radical (unpaired) electrons. The molecule has 2 aromatic rings. The molecule has 152 valence electrons. The van der Waals surface area contributed by atoms with Gasteiger partial charge in [-0.1, -0.05) is 26.0 Å². The number of nitrogens with two attached hydrogens (primary N) is 1. The highest BCUT2D eigenvalue weighted by Crippen LogP contribution is 2.37.